The van der Waals surface area contributed by atoms with Crippen molar-refractivity contribution in [3.63, 3.8) is 0 Å². The standard InChI is InChI=1S/C12H15FN4O/c1-3-14-8(2)11-16-17-12(18-11)15-10-7-5-4-6-9(10)13/h4-8,14H,3H2,1-2H3,(H,15,17). The van der Waals surface area contributed by atoms with Crippen LogP contribution in [0.5, 0.6) is 0 Å². The molecule has 2 rings (SSSR count). The van der Waals surface area contributed by atoms with E-state index in [4.69, 9.17) is 4.42 Å². The maximum absolute atomic E-state index is 13.4. The Morgan fingerprint density at radius 3 is 2.83 bits per heavy atom. The summed E-state index contributed by atoms with van der Waals surface area (Å²) >= 11 is 0. The molecule has 0 amide bonds. The Balaban J connectivity index is 2.09. The zero-order valence-electron chi connectivity index (χ0n) is 10.3. The first-order chi connectivity index (χ1) is 8.70. The summed E-state index contributed by atoms with van der Waals surface area (Å²) in [5.41, 5.74) is 0.309. The highest BCUT2D eigenvalue weighted by Gasteiger charge is 2.13. The normalized spacial score (nSPS) is 12.4. The number of benzene rings is 1. The van der Waals surface area contributed by atoms with Crippen LogP contribution in [-0.4, -0.2) is 16.7 Å². The van der Waals surface area contributed by atoms with E-state index in [1.807, 2.05) is 13.8 Å². The topological polar surface area (TPSA) is 63.0 Å². The second-order valence-electron chi connectivity index (χ2n) is 3.83. The molecule has 1 aromatic heterocycles. The molecule has 0 aliphatic rings. The van der Waals surface area contributed by atoms with Crippen LogP contribution in [0.2, 0.25) is 0 Å². The first-order valence-corrected chi connectivity index (χ1v) is 5.79. The Labute approximate surface area is 104 Å². The Morgan fingerprint density at radius 2 is 2.11 bits per heavy atom. The van der Waals surface area contributed by atoms with E-state index in [0.717, 1.165) is 6.54 Å². The summed E-state index contributed by atoms with van der Waals surface area (Å²) < 4.78 is 18.8. The number of para-hydroxylation sites is 1. The minimum Gasteiger partial charge on any atom is -0.406 e. The predicted octanol–water partition coefficient (Wildman–Crippen LogP) is 2.62. The van der Waals surface area contributed by atoms with Crippen molar-refractivity contribution in [3.8, 4) is 0 Å². The van der Waals surface area contributed by atoms with Gasteiger partial charge in [0.25, 0.3) is 0 Å². The van der Waals surface area contributed by atoms with Gasteiger partial charge in [-0.2, -0.15) is 0 Å². The molecule has 0 saturated heterocycles. The fraction of sp³-hybridized carbons (Fsp3) is 0.333. The third-order valence-electron chi connectivity index (χ3n) is 2.44. The molecule has 0 fully saturated rings. The molecule has 0 aliphatic heterocycles. The summed E-state index contributed by atoms with van der Waals surface area (Å²) in [5, 5.41) is 13.6. The van der Waals surface area contributed by atoms with Crippen molar-refractivity contribution in [2.24, 2.45) is 0 Å². The van der Waals surface area contributed by atoms with Gasteiger partial charge in [-0.25, -0.2) is 4.39 Å². The zero-order chi connectivity index (χ0) is 13.0. The van der Waals surface area contributed by atoms with Gasteiger partial charge in [0.2, 0.25) is 5.89 Å². The van der Waals surface area contributed by atoms with Gasteiger partial charge in [-0.05, 0) is 25.6 Å². The number of rotatable bonds is 5. The number of anilines is 2. The van der Waals surface area contributed by atoms with Crippen LogP contribution >= 0.6 is 0 Å². The lowest BCUT2D eigenvalue weighted by atomic mass is 10.3. The van der Waals surface area contributed by atoms with Gasteiger partial charge in [-0.1, -0.05) is 24.2 Å². The quantitative estimate of drug-likeness (QED) is 0.854. The molecule has 2 aromatic rings. The zero-order valence-corrected chi connectivity index (χ0v) is 10.3. The highest BCUT2D eigenvalue weighted by Crippen LogP contribution is 2.20. The molecule has 0 spiro atoms. The van der Waals surface area contributed by atoms with Crippen LogP contribution in [0.15, 0.2) is 28.7 Å². The molecule has 0 saturated carbocycles. The van der Waals surface area contributed by atoms with E-state index in [2.05, 4.69) is 20.8 Å². The Kier molecular flexibility index (Phi) is 3.88. The Bertz CT molecular complexity index is 514. The molecule has 18 heavy (non-hydrogen) atoms. The second-order valence-corrected chi connectivity index (χ2v) is 3.83. The van der Waals surface area contributed by atoms with Gasteiger partial charge in [0.1, 0.15) is 5.82 Å². The number of hydrogen-bond donors (Lipinski definition) is 2. The number of aromatic nitrogens is 2. The van der Waals surface area contributed by atoms with Crippen molar-refractivity contribution in [2.75, 3.05) is 11.9 Å². The Hall–Kier alpha value is -1.95. The van der Waals surface area contributed by atoms with Gasteiger partial charge >= 0.3 is 6.01 Å². The molecule has 2 N–H and O–H groups in total. The average Bonchev–Trinajstić information content (AvgIpc) is 2.81. The van der Waals surface area contributed by atoms with Crippen molar-refractivity contribution in [1.82, 2.24) is 15.5 Å². The summed E-state index contributed by atoms with van der Waals surface area (Å²) in [6, 6.07) is 6.46. The number of hydrogen-bond acceptors (Lipinski definition) is 5. The van der Waals surface area contributed by atoms with Gasteiger partial charge in [-0.15, -0.1) is 5.10 Å². The first-order valence-electron chi connectivity index (χ1n) is 5.79. The summed E-state index contributed by atoms with van der Waals surface area (Å²) in [6.07, 6.45) is 0. The summed E-state index contributed by atoms with van der Waals surface area (Å²) in [4.78, 5) is 0. The molecule has 1 heterocycles. The molecule has 6 heteroatoms. The predicted molar refractivity (Wildman–Crippen MR) is 66.1 cm³/mol. The number of nitrogens with zero attached hydrogens (tertiary/aromatic N) is 2. The third kappa shape index (κ3) is 2.84. The smallest absolute Gasteiger partial charge is 0.320 e. The molecule has 1 unspecified atom stereocenters. The fourth-order valence-electron chi connectivity index (χ4n) is 1.53. The van der Waals surface area contributed by atoms with Crippen molar-refractivity contribution in [3.05, 3.63) is 36.0 Å². The maximum atomic E-state index is 13.4. The largest absolute Gasteiger partial charge is 0.406 e. The molecular formula is C12H15FN4O. The maximum Gasteiger partial charge on any atom is 0.320 e. The highest BCUT2D eigenvalue weighted by molar-refractivity contribution is 5.52. The van der Waals surface area contributed by atoms with Gasteiger partial charge in [0, 0.05) is 0 Å². The lowest BCUT2D eigenvalue weighted by Crippen LogP contribution is -2.17. The van der Waals surface area contributed by atoms with Crippen molar-refractivity contribution >= 4 is 11.7 Å². The van der Waals surface area contributed by atoms with E-state index in [1.54, 1.807) is 18.2 Å². The summed E-state index contributed by atoms with van der Waals surface area (Å²) in [7, 11) is 0. The van der Waals surface area contributed by atoms with Crippen molar-refractivity contribution in [1.29, 1.82) is 0 Å². The van der Waals surface area contributed by atoms with Crippen LogP contribution < -0.4 is 10.6 Å². The summed E-state index contributed by atoms with van der Waals surface area (Å²) in [6.45, 7) is 4.72. The number of nitrogens with one attached hydrogen (secondary N) is 2. The first kappa shape index (κ1) is 12.5. The van der Waals surface area contributed by atoms with Gasteiger partial charge in [0.15, 0.2) is 0 Å². The lowest BCUT2D eigenvalue weighted by Gasteiger charge is -2.06. The van der Waals surface area contributed by atoms with Crippen LogP contribution in [0.3, 0.4) is 0 Å². The van der Waals surface area contributed by atoms with Crippen LogP contribution in [0, 0.1) is 5.82 Å². The molecule has 5 nitrogen and oxygen atoms in total. The molecule has 96 valence electrons. The van der Waals surface area contributed by atoms with Crippen molar-refractivity contribution in [2.45, 2.75) is 19.9 Å². The van der Waals surface area contributed by atoms with E-state index >= 15 is 0 Å². The SMILES string of the molecule is CCNC(C)c1nnc(Nc2ccccc2F)o1. The van der Waals surface area contributed by atoms with Gasteiger partial charge in [-0.3, -0.25) is 0 Å². The summed E-state index contributed by atoms with van der Waals surface area (Å²) in [5.74, 6) is 0.104. The van der Waals surface area contributed by atoms with E-state index in [1.165, 1.54) is 6.07 Å². The Morgan fingerprint density at radius 1 is 1.33 bits per heavy atom. The molecule has 0 radical (unpaired) electrons. The monoisotopic (exact) mass is 250 g/mol. The van der Waals surface area contributed by atoms with E-state index in [9.17, 15) is 4.39 Å². The fourth-order valence-corrected chi connectivity index (χ4v) is 1.53. The molecule has 0 aliphatic carbocycles. The minimum absolute atomic E-state index is 0.0290. The third-order valence-corrected chi connectivity index (χ3v) is 2.44. The van der Waals surface area contributed by atoms with E-state index in [0.29, 0.717) is 11.6 Å². The lowest BCUT2D eigenvalue weighted by molar-refractivity contribution is 0.430. The molecule has 1 aromatic carbocycles. The second kappa shape index (κ2) is 5.59. The highest BCUT2D eigenvalue weighted by atomic mass is 19.1. The van der Waals surface area contributed by atoms with Gasteiger partial charge in [0.05, 0.1) is 11.7 Å². The van der Waals surface area contributed by atoms with Crippen LogP contribution in [0.4, 0.5) is 16.1 Å². The van der Waals surface area contributed by atoms with Crippen LogP contribution in [0.1, 0.15) is 25.8 Å². The van der Waals surface area contributed by atoms with Gasteiger partial charge < -0.3 is 15.1 Å². The molecular weight excluding hydrogens is 235 g/mol. The molecule has 1 atom stereocenters. The van der Waals surface area contributed by atoms with Crippen LogP contribution in [-0.2, 0) is 0 Å². The van der Waals surface area contributed by atoms with E-state index in [-0.39, 0.29) is 17.9 Å². The van der Waals surface area contributed by atoms with Crippen LogP contribution in [0.25, 0.3) is 0 Å². The van der Waals surface area contributed by atoms with E-state index < -0.39 is 0 Å². The minimum atomic E-state index is -0.364. The number of halogens is 1. The average molecular weight is 250 g/mol. The molecule has 0 bridgehead atoms. The van der Waals surface area contributed by atoms with Crippen molar-refractivity contribution < 1.29 is 8.81 Å².